The fourth-order valence-corrected chi connectivity index (χ4v) is 5.13. The van der Waals surface area contributed by atoms with Crippen molar-refractivity contribution in [2.75, 3.05) is 39.8 Å². The predicted octanol–water partition coefficient (Wildman–Crippen LogP) is 4.62. The fraction of sp³-hybridized carbons (Fsp3) is 0.481. The fourth-order valence-electron chi connectivity index (χ4n) is 5.13. The van der Waals surface area contributed by atoms with E-state index in [-0.39, 0.29) is 11.7 Å². The number of likely N-dealkylation sites (N-methyl/N-ethyl adjacent to an activating group) is 1. The molecule has 0 spiro atoms. The molecule has 4 rings (SSSR count). The highest BCUT2D eigenvalue weighted by Gasteiger charge is 2.42. The second-order valence-electron chi connectivity index (χ2n) is 9.35. The van der Waals surface area contributed by atoms with Gasteiger partial charge in [0.2, 0.25) is 0 Å². The Balaban J connectivity index is 1.66. The van der Waals surface area contributed by atoms with Gasteiger partial charge in [-0.15, -0.1) is 0 Å². The van der Waals surface area contributed by atoms with Crippen molar-refractivity contribution in [3.8, 4) is 0 Å². The van der Waals surface area contributed by atoms with Gasteiger partial charge in [-0.1, -0.05) is 55.0 Å². The maximum atomic E-state index is 13.4. The Morgan fingerprint density at radius 3 is 2.42 bits per heavy atom. The molecule has 4 heteroatoms. The van der Waals surface area contributed by atoms with Crippen LogP contribution in [-0.2, 0) is 6.42 Å². The van der Waals surface area contributed by atoms with Crippen LogP contribution in [0.15, 0.2) is 60.2 Å². The standard InChI is InChI=1S/C27H35FN2O/c1-29-15-17-30(18-16-29)21-25-10-6-5-9-24(19-22-11-13-26(28)14-12-22)27(25,31)20-23-7-3-2-4-8-23/h2-4,7-8,11-14,19,25,31H,5-6,9-10,15-18,20-21H2,1H3/b24-19-. The molecular weight excluding hydrogens is 387 g/mol. The summed E-state index contributed by atoms with van der Waals surface area (Å²) in [5.41, 5.74) is 2.33. The Hall–Kier alpha value is -2.01. The Bertz CT molecular complexity index is 859. The molecule has 0 bridgehead atoms. The first-order valence-electron chi connectivity index (χ1n) is 11.7. The van der Waals surface area contributed by atoms with E-state index < -0.39 is 5.60 Å². The summed E-state index contributed by atoms with van der Waals surface area (Å²) in [5, 5.41) is 12.3. The maximum Gasteiger partial charge on any atom is 0.123 e. The van der Waals surface area contributed by atoms with Crippen molar-refractivity contribution >= 4 is 6.08 Å². The molecule has 1 aliphatic carbocycles. The summed E-state index contributed by atoms with van der Waals surface area (Å²) in [5.74, 6) is -0.0409. The van der Waals surface area contributed by atoms with Gasteiger partial charge in [0.25, 0.3) is 0 Å². The Morgan fingerprint density at radius 2 is 1.71 bits per heavy atom. The highest BCUT2D eigenvalue weighted by molar-refractivity contribution is 5.56. The van der Waals surface area contributed by atoms with Gasteiger partial charge in [-0.25, -0.2) is 4.39 Å². The Morgan fingerprint density at radius 1 is 1.00 bits per heavy atom. The molecule has 3 nitrogen and oxygen atoms in total. The van der Waals surface area contributed by atoms with Crippen molar-refractivity contribution in [2.24, 2.45) is 5.92 Å². The lowest BCUT2D eigenvalue weighted by Gasteiger charge is -2.42. The van der Waals surface area contributed by atoms with Crippen LogP contribution in [-0.4, -0.2) is 60.3 Å². The van der Waals surface area contributed by atoms with Gasteiger partial charge in [0.05, 0.1) is 5.60 Å². The molecule has 2 atom stereocenters. The average Bonchev–Trinajstić information content (AvgIpc) is 2.91. The lowest BCUT2D eigenvalue weighted by atomic mass is 9.74. The molecule has 1 N–H and O–H groups in total. The van der Waals surface area contributed by atoms with Gasteiger partial charge in [0, 0.05) is 45.1 Å². The first-order chi connectivity index (χ1) is 15.0. The van der Waals surface area contributed by atoms with E-state index in [1.165, 1.54) is 17.7 Å². The van der Waals surface area contributed by atoms with Gasteiger partial charge >= 0.3 is 0 Å². The van der Waals surface area contributed by atoms with E-state index in [1.807, 2.05) is 30.3 Å². The van der Waals surface area contributed by atoms with Crippen molar-refractivity contribution in [2.45, 2.75) is 37.7 Å². The monoisotopic (exact) mass is 422 g/mol. The van der Waals surface area contributed by atoms with Gasteiger partial charge in [0.1, 0.15) is 5.82 Å². The summed E-state index contributed by atoms with van der Waals surface area (Å²) in [4.78, 5) is 4.90. The molecular formula is C27H35FN2O. The maximum absolute atomic E-state index is 13.4. The molecule has 0 radical (unpaired) electrons. The largest absolute Gasteiger partial charge is 0.385 e. The highest BCUT2D eigenvalue weighted by atomic mass is 19.1. The molecule has 2 aromatic carbocycles. The molecule has 0 amide bonds. The van der Waals surface area contributed by atoms with Crippen molar-refractivity contribution in [3.63, 3.8) is 0 Å². The molecule has 1 aliphatic heterocycles. The molecule has 2 aromatic rings. The van der Waals surface area contributed by atoms with Gasteiger partial charge in [-0.05, 0) is 55.1 Å². The molecule has 1 saturated heterocycles. The molecule has 0 aromatic heterocycles. The smallest absolute Gasteiger partial charge is 0.123 e. The van der Waals surface area contributed by atoms with E-state index in [2.05, 4.69) is 35.1 Å². The number of halogens is 1. The van der Waals surface area contributed by atoms with E-state index >= 15 is 0 Å². The number of benzene rings is 2. The van der Waals surface area contributed by atoms with Gasteiger partial charge in [0.15, 0.2) is 0 Å². The normalized spacial score (nSPS) is 27.3. The van der Waals surface area contributed by atoms with Gasteiger partial charge < -0.3 is 14.9 Å². The van der Waals surface area contributed by atoms with Crippen LogP contribution in [0.5, 0.6) is 0 Å². The van der Waals surface area contributed by atoms with E-state index in [0.717, 1.165) is 69.5 Å². The summed E-state index contributed by atoms with van der Waals surface area (Å²) in [6.07, 6.45) is 6.89. The van der Waals surface area contributed by atoms with Crippen LogP contribution in [0.2, 0.25) is 0 Å². The van der Waals surface area contributed by atoms with Crippen LogP contribution in [0.1, 0.15) is 36.8 Å². The number of aliphatic hydroxyl groups is 1. The van der Waals surface area contributed by atoms with Gasteiger partial charge in [-0.2, -0.15) is 0 Å². The summed E-state index contributed by atoms with van der Waals surface area (Å²) in [6, 6.07) is 17.0. The zero-order chi connectivity index (χ0) is 21.7. The summed E-state index contributed by atoms with van der Waals surface area (Å²) >= 11 is 0. The quantitative estimate of drug-likeness (QED) is 0.713. The van der Waals surface area contributed by atoms with Crippen LogP contribution in [0.4, 0.5) is 4.39 Å². The molecule has 1 saturated carbocycles. The van der Waals surface area contributed by atoms with E-state index in [4.69, 9.17) is 0 Å². The summed E-state index contributed by atoms with van der Waals surface area (Å²) in [6.45, 7) is 5.22. The molecule has 31 heavy (non-hydrogen) atoms. The third-order valence-corrected chi connectivity index (χ3v) is 7.08. The molecule has 2 aliphatic rings. The average molecular weight is 423 g/mol. The zero-order valence-electron chi connectivity index (χ0n) is 18.6. The number of hydrogen-bond donors (Lipinski definition) is 1. The van der Waals surface area contributed by atoms with Crippen molar-refractivity contribution in [1.29, 1.82) is 0 Å². The second kappa shape index (κ2) is 10.1. The van der Waals surface area contributed by atoms with Crippen LogP contribution in [0.3, 0.4) is 0 Å². The van der Waals surface area contributed by atoms with E-state index in [1.54, 1.807) is 0 Å². The lowest BCUT2D eigenvalue weighted by Crippen LogP contribution is -2.51. The topological polar surface area (TPSA) is 26.7 Å². The van der Waals surface area contributed by atoms with Crippen LogP contribution < -0.4 is 0 Å². The van der Waals surface area contributed by atoms with Crippen LogP contribution >= 0.6 is 0 Å². The van der Waals surface area contributed by atoms with Crippen molar-refractivity contribution < 1.29 is 9.50 Å². The third-order valence-electron chi connectivity index (χ3n) is 7.08. The number of rotatable bonds is 5. The highest BCUT2D eigenvalue weighted by Crippen LogP contribution is 2.40. The third kappa shape index (κ3) is 5.62. The molecule has 2 fully saturated rings. The lowest BCUT2D eigenvalue weighted by molar-refractivity contribution is -0.00643. The molecule has 1 heterocycles. The Kier molecular flexibility index (Phi) is 7.21. The zero-order valence-corrected chi connectivity index (χ0v) is 18.6. The SMILES string of the molecule is CN1CCN(CC2CCCC/C(=C/c3ccc(F)cc3)C2(O)Cc2ccccc2)CC1. The van der Waals surface area contributed by atoms with Crippen LogP contribution in [0.25, 0.3) is 6.08 Å². The summed E-state index contributed by atoms with van der Waals surface area (Å²) < 4.78 is 13.4. The van der Waals surface area contributed by atoms with Crippen molar-refractivity contribution in [3.05, 3.63) is 77.1 Å². The minimum atomic E-state index is -0.893. The summed E-state index contributed by atoms with van der Waals surface area (Å²) in [7, 11) is 2.18. The predicted molar refractivity (Wildman–Crippen MR) is 125 cm³/mol. The van der Waals surface area contributed by atoms with Crippen molar-refractivity contribution in [1.82, 2.24) is 9.80 Å². The van der Waals surface area contributed by atoms with Crippen LogP contribution in [0, 0.1) is 11.7 Å². The Labute approximate surface area is 186 Å². The molecule has 2 unspecified atom stereocenters. The minimum Gasteiger partial charge on any atom is -0.385 e. The van der Waals surface area contributed by atoms with E-state index in [0.29, 0.717) is 6.42 Å². The number of hydrogen-bond acceptors (Lipinski definition) is 3. The number of piperazine rings is 1. The first kappa shape index (κ1) is 22.2. The second-order valence-corrected chi connectivity index (χ2v) is 9.35. The van der Waals surface area contributed by atoms with Gasteiger partial charge in [-0.3, -0.25) is 0 Å². The number of nitrogens with zero attached hydrogens (tertiary/aromatic N) is 2. The van der Waals surface area contributed by atoms with E-state index in [9.17, 15) is 9.50 Å². The minimum absolute atomic E-state index is 0.185. The molecule has 166 valence electrons. The first-order valence-corrected chi connectivity index (χ1v) is 11.7.